The lowest BCUT2D eigenvalue weighted by Gasteiger charge is -2.34. The van der Waals surface area contributed by atoms with E-state index in [0.717, 1.165) is 31.7 Å². The lowest BCUT2D eigenvalue weighted by Crippen LogP contribution is -2.48. The summed E-state index contributed by atoms with van der Waals surface area (Å²) in [4.78, 5) is 23.8. The maximum atomic E-state index is 11.4. The number of piperidine rings is 1. The largest absolute Gasteiger partial charge is 0.478 e. The Labute approximate surface area is 95.1 Å². The van der Waals surface area contributed by atoms with E-state index in [9.17, 15) is 9.59 Å². The van der Waals surface area contributed by atoms with Gasteiger partial charge < -0.3 is 15.3 Å². The number of aliphatic carboxylic acids is 1. The molecule has 2 unspecified atom stereocenters. The van der Waals surface area contributed by atoms with E-state index in [1.165, 1.54) is 0 Å². The molecule has 1 rings (SSSR count). The molecule has 1 aliphatic heterocycles. The minimum Gasteiger partial charge on any atom is -0.478 e. The minimum absolute atomic E-state index is 0.141. The summed E-state index contributed by atoms with van der Waals surface area (Å²) in [5.41, 5.74) is 0. The van der Waals surface area contributed by atoms with Gasteiger partial charge in [-0.1, -0.05) is 6.92 Å². The molecule has 1 saturated heterocycles. The Kier molecular flexibility index (Phi) is 4.49. The molecule has 0 aromatic carbocycles. The number of carboxylic acids is 1. The highest BCUT2D eigenvalue weighted by Gasteiger charge is 2.24. The molecule has 90 valence electrons. The number of rotatable bonds is 3. The number of carbonyl (C=O) groups is 2. The van der Waals surface area contributed by atoms with Crippen molar-refractivity contribution in [3.8, 4) is 0 Å². The standard InChI is InChI=1S/C11H18N2O3/c1-8-7-13(2)6-5-9(8)12-10(14)3-4-11(15)16/h3-4,8-9H,5-7H2,1-2H3,(H,12,14)(H,15,16)/b4-3+. The van der Waals surface area contributed by atoms with E-state index >= 15 is 0 Å². The first-order valence-corrected chi connectivity index (χ1v) is 5.39. The third kappa shape index (κ3) is 4.02. The van der Waals surface area contributed by atoms with Crippen molar-refractivity contribution in [1.29, 1.82) is 0 Å². The van der Waals surface area contributed by atoms with Crippen LogP contribution in [0.15, 0.2) is 12.2 Å². The van der Waals surface area contributed by atoms with E-state index in [4.69, 9.17) is 5.11 Å². The van der Waals surface area contributed by atoms with E-state index in [1.807, 2.05) is 0 Å². The van der Waals surface area contributed by atoms with Crippen molar-refractivity contribution in [3.05, 3.63) is 12.2 Å². The Balaban J connectivity index is 2.42. The Morgan fingerprint density at radius 1 is 1.44 bits per heavy atom. The zero-order valence-corrected chi connectivity index (χ0v) is 9.64. The average molecular weight is 226 g/mol. The number of likely N-dealkylation sites (tertiary alicyclic amines) is 1. The minimum atomic E-state index is -1.11. The molecule has 16 heavy (non-hydrogen) atoms. The molecule has 5 nitrogen and oxygen atoms in total. The van der Waals surface area contributed by atoms with Crippen LogP contribution in [-0.4, -0.2) is 48.1 Å². The Morgan fingerprint density at radius 2 is 2.12 bits per heavy atom. The van der Waals surface area contributed by atoms with Crippen LogP contribution in [0.4, 0.5) is 0 Å². The summed E-state index contributed by atoms with van der Waals surface area (Å²) in [7, 11) is 2.05. The highest BCUT2D eigenvalue weighted by atomic mass is 16.4. The van der Waals surface area contributed by atoms with Gasteiger partial charge in [-0.25, -0.2) is 4.79 Å². The molecule has 1 heterocycles. The molecular formula is C11H18N2O3. The fourth-order valence-corrected chi connectivity index (χ4v) is 1.95. The highest BCUT2D eigenvalue weighted by molar-refractivity contribution is 5.94. The van der Waals surface area contributed by atoms with Gasteiger partial charge in [0, 0.05) is 24.7 Å². The summed E-state index contributed by atoms with van der Waals surface area (Å²) >= 11 is 0. The van der Waals surface area contributed by atoms with Crippen LogP contribution in [0.1, 0.15) is 13.3 Å². The number of nitrogens with zero attached hydrogens (tertiary/aromatic N) is 1. The van der Waals surface area contributed by atoms with Gasteiger partial charge in [-0.2, -0.15) is 0 Å². The second-order valence-electron chi connectivity index (χ2n) is 4.31. The molecule has 2 N–H and O–H groups in total. The molecule has 0 aromatic rings. The Hall–Kier alpha value is -1.36. The normalized spacial score (nSPS) is 26.9. The van der Waals surface area contributed by atoms with Crippen LogP contribution < -0.4 is 5.32 Å². The molecule has 5 heteroatoms. The van der Waals surface area contributed by atoms with Gasteiger partial charge in [-0.3, -0.25) is 4.79 Å². The molecule has 0 aromatic heterocycles. The molecule has 0 aliphatic carbocycles. The van der Waals surface area contributed by atoms with Gasteiger partial charge in [0.2, 0.25) is 5.91 Å². The summed E-state index contributed by atoms with van der Waals surface area (Å²) in [6.07, 6.45) is 2.83. The smallest absolute Gasteiger partial charge is 0.328 e. The van der Waals surface area contributed by atoms with Crippen LogP contribution in [0.5, 0.6) is 0 Å². The molecular weight excluding hydrogens is 208 g/mol. The topological polar surface area (TPSA) is 69.6 Å². The van der Waals surface area contributed by atoms with Gasteiger partial charge in [0.05, 0.1) is 0 Å². The first-order chi connectivity index (χ1) is 7.49. The number of amides is 1. The summed E-state index contributed by atoms with van der Waals surface area (Å²) in [5, 5.41) is 11.2. The third-order valence-electron chi connectivity index (χ3n) is 2.81. The van der Waals surface area contributed by atoms with Crippen molar-refractivity contribution >= 4 is 11.9 Å². The van der Waals surface area contributed by atoms with Crippen LogP contribution in [0.3, 0.4) is 0 Å². The van der Waals surface area contributed by atoms with E-state index in [2.05, 4.69) is 24.2 Å². The lowest BCUT2D eigenvalue weighted by molar-refractivity contribution is -0.131. The van der Waals surface area contributed by atoms with Crippen molar-refractivity contribution in [3.63, 3.8) is 0 Å². The second kappa shape index (κ2) is 5.65. The van der Waals surface area contributed by atoms with Crippen LogP contribution in [0.25, 0.3) is 0 Å². The van der Waals surface area contributed by atoms with E-state index in [-0.39, 0.29) is 11.9 Å². The number of nitrogens with one attached hydrogen (secondary N) is 1. The Bertz CT molecular complexity index is 302. The average Bonchev–Trinajstić information content (AvgIpc) is 2.19. The molecule has 0 saturated carbocycles. The molecule has 0 bridgehead atoms. The number of carboxylic acid groups (broad SMARTS) is 1. The molecule has 1 amide bonds. The summed E-state index contributed by atoms with van der Waals surface area (Å²) in [6.45, 7) is 3.99. The van der Waals surface area contributed by atoms with Gasteiger partial charge in [0.1, 0.15) is 0 Å². The van der Waals surface area contributed by atoms with E-state index < -0.39 is 5.97 Å². The SMILES string of the molecule is CC1CN(C)CCC1NC(=O)/C=C/C(=O)O. The molecule has 0 radical (unpaired) electrons. The molecule has 1 aliphatic rings. The molecule has 1 fully saturated rings. The predicted octanol–water partition coefficient (Wildman–Crippen LogP) is 0.0836. The van der Waals surface area contributed by atoms with Crippen molar-refractivity contribution in [2.75, 3.05) is 20.1 Å². The molecule has 2 atom stereocenters. The van der Waals surface area contributed by atoms with Crippen molar-refractivity contribution in [2.45, 2.75) is 19.4 Å². The maximum absolute atomic E-state index is 11.4. The van der Waals surface area contributed by atoms with Gasteiger partial charge in [0.25, 0.3) is 0 Å². The number of hydrogen-bond acceptors (Lipinski definition) is 3. The summed E-state index contributed by atoms with van der Waals surface area (Å²) in [6, 6.07) is 0.141. The first kappa shape index (κ1) is 12.7. The van der Waals surface area contributed by atoms with E-state index in [1.54, 1.807) is 0 Å². The van der Waals surface area contributed by atoms with Gasteiger partial charge >= 0.3 is 5.97 Å². The predicted molar refractivity (Wildman–Crippen MR) is 60.0 cm³/mol. The maximum Gasteiger partial charge on any atom is 0.328 e. The highest BCUT2D eigenvalue weighted by Crippen LogP contribution is 2.15. The lowest BCUT2D eigenvalue weighted by atomic mass is 9.94. The number of hydrogen-bond donors (Lipinski definition) is 2. The van der Waals surface area contributed by atoms with Crippen molar-refractivity contribution in [1.82, 2.24) is 10.2 Å². The zero-order chi connectivity index (χ0) is 12.1. The monoisotopic (exact) mass is 226 g/mol. The van der Waals surface area contributed by atoms with Crippen molar-refractivity contribution < 1.29 is 14.7 Å². The summed E-state index contributed by atoms with van der Waals surface area (Å²) < 4.78 is 0. The van der Waals surface area contributed by atoms with Gasteiger partial charge in [0.15, 0.2) is 0 Å². The second-order valence-corrected chi connectivity index (χ2v) is 4.31. The third-order valence-corrected chi connectivity index (χ3v) is 2.81. The van der Waals surface area contributed by atoms with E-state index in [0.29, 0.717) is 5.92 Å². The Morgan fingerprint density at radius 3 is 2.69 bits per heavy atom. The van der Waals surface area contributed by atoms with Crippen LogP contribution >= 0.6 is 0 Å². The van der Waals surface area contributed by atoms with Gasteiger partial charge in [-0.05, 0) is 25.9 Å². The van der Waals surface area contributed by atoms with Crippen LogP contribution in [0, 0.1) is 5.92 Å². The fourth-order valence-electron chi connectivity index (χ4n) is 1.95. The van der Waals surface area contributed by atoms with Crippen molar-refractivity contribution in [2.24, 2.45) is 5.92 Å². The van der Waals surface area contributed by atoms with Gasteiger partial charge in [-0.15, -0.1) is 0 Å². The van der Waals surface area contributed by atoms with Crippen LogP contribution in [-0.2, 0) is 9.59 Å². The molecule has 0 spiro atoms. The zero-order valence-electron chi connectivity index (χ0n) is 9.64. The number of carbonyl (C=O) groups excluding carboxylic acids is 1. The van der Waals surface area contributed by atoms with Crippen LogP contribution in [0.2, 0.25) is 0 Å². The first-order valence-electron chi connectivity index (χ1n) is 5.39. The fraction of sp³-hybridized carbons (Fsp3) is 0.636. The quantitative estimate of drug-likeness (QED) is 0.669. The summed E-state index contributed by atoms with van der Waals surface area (Å²) in [5.74, 6) is -1.05.